The predicted octanol–water partition coefficient (Wildman–Crippen LogP) is 3.88. The number of aliphatic hydroxyl groups is 1. The summed E-state index contributed by atoms with van der Waals surface area (Å²) in [5, 5.41) is 11.9. The van der Waals surface area contributed by atoms with Gasteiger partial charge in [0.15, 0.2) is 11.5 Å². The molecule has 1 aromatic heterocycles. The van der Waals surface area contributed by atoms with Crippen molar-refractivity contribution in [3.8, 4) is 11.5 Å². The van der Waals surface area contributed by atoms with Gasteiger partial charge in [0.25, 0.3) is 5.79 Å². The number of aromatic nitrogens is 2. The summed E-state index contributed by atoms with van der Waals surface area (Å²) in [6.45, 7) is 0.102. The van der Waals surface area contributed by atoms with Crippen LogP contribution in [-0.4, -0.2) is 40.7 Å². The van der Waals surface area contributed by atoms with Crippen LogP contribution in [0, 0.1) is 0 Å². The molecule has 0 amide bonds. The largest absolute Gasteiger partial charge is 0.454 e. The number of ether oxygens (including phenoxy) is 3. The summed E-state index contributed by atoms with van der Waals surface area (Å²) in [6, 6.07) is 18.4. The average Bonchev–Trinajstić information content (AvgIpc) is 3.57. The lowest BCUT2D eigenvalue weighted by Gasteiger charge is -2.26. The Bertz CT molecular complexity index is 1490. The molecule has 3 aromatic carbocycles. The van der Waals surface area contributed by atoms with Gasteiger partial charge in [0, 0.05) is 37.3 Å². The molecular weight excluding hydrogens is 466 g/mol. The summed E-state index contributed by atoms with van der Waals surface area (Å²) in [6.07, 6.45) is 0.299. The van der Waals surface area contributed by atoms with Gasteiger partial charge in [0.1, 0.15) is 11.0 Å². The quantitative estimate of drug-likeness (QED) is 0.424. The van der Waals surface area contributed by atoms with Crippen LogP contribution in [0.25, 0.3) is 16.6 Å². The minimum Gasteiger partial charge on any atom is -0.454 e. The number of nitrogens with zero attached hydrogens (tertiary/aromatic N) is 3. The molecule has 2 aliphatic rings. The van der Waals surface area contributed by atoms with E-state index in [0.29, 0.717) is 45.7 Å². The molecule has 1 N–H and O–H groups in total. The van der Waals surface area contributed by atoms with E-state index in [1.54, 1.807) is 30.3 Å². The first-order valence-electron chi connectivity index (χ1n) is 11.0. The van der Waals surface area contributed by atoms with E-state index < -0.39 is 11.8 Å². The molecular formula is C26H21N3O5S. The van der Waals surface area contributed by atoms with Crippen molar-refractivity contribution < 1.29 is 24.1 Å². The van der Waals surface area contributed by atoms with E-state index >= 15 is 0 Å². The van der Waals surface area contributed by atoms with Crippen molar-refractivity contribution in [3.63, 3.8) is 0 Å². The minimum atomic E-state index is -1.97. The van der Waals surface area contributed by atoms with E-state index in [-0.39, 0.29) is 6.79 Å². The number of hydrogen-bond donors (Lipinski definition) is 1. The van der Waals surface area contributed by atoms with Crippen LogP contribution in [0.4, 0.5) is 5.69 Å². The molecule has 35 heavy (non-hydrogen) atoms. The van der Waals surface area contributed by atoms with Crippen LogP contribution in [0.15, 0.2) is 66.2 Å². The maximum atomic E-state index is 13.3. The fourth-order valence-corrected chi connectivity index (χ4v) is 4.95. The predicted molar refractivity (Wildman–Crippen MR) is 131 cm³/mol. The lowest BCUT2D eigenvalue weighted by molar-refractivity contribution is -0.185. The SMILES string of the molecule is CN(C)c1ccc(CC2=C(c3ccc4nsnc4c3)C(=O)OC2(O)c2ccc3c(c2)OCO3)cc1. The number of esters is 1. The molecule has 4 aromatic rings. The van der Waals surface area contributed by atoms with Crippen LogP contribution in [0.5, 0.6) is 11.5 Å². The molecule has 1 atom stereocenters. The number of hydrogen-bond acceptors (Lipinski definition) is 9. The molecule has 9 heteroatoms. The molecule has 1 unspecified atom stereocenters. The minimum absolute atomic E-state index is 0.102. The molecule has 0 fully saturated rings. The van der Waals surface area contributed by atoms with Crippen LogP contribution in [0.2, 0.25) is 0 Å². The molecule has 0 radical (unpaired) electrons. The maximum absolute atomic E-state index is 13.3. The highest BCUT2D eigenvalue weighted by Gasteiger charge is 2.48. The fraction of sp³-hybridized carbons (Fsp3) is 0.192. The van der Waals surface area contributed by atoms with Gasteiger partial charge in [-0.25, -0.2) is 4.79 Å². The van der Waals surface area contributed by atoms with Gasteiger partial charge >= 0.3 is 5.97 Å². The smallest absolute Gasteiger partial charge is 0.342 e. The Morgan fingerprint density at radius 1 is 0.971 bits per heavy atom. The number of rotatable bonds is 5. The van der Waals surface area contributed by atoms with Gasteiger partial charge in [0.2, 0.25) is 6.79 Å². The highest BCUT2D eigenvalue weighted by molar-refractivity contribution is 7.00. The Morgan fingerprint density at radius 3 is 2.54 bits per heavy atom. The van der Waals surface area contributed by atoms with Gasteiger partial charge in [0.05, 0.1) is 17.3 Å². The molecule has 176 valence electrons. The number of benzene rings is 3. The Morgan fingerprint density at radius 2 is 1.74 bits per heavy atom. The number of carbonyl (C=O) groups is 1. The molecule has 0 spiro atoms. The van der Waals surface area contributed by atoms with E-state index in [4.69, 9.17) is 14.2 Å². The van der Waals surface area contributed by atoms with Gasteiger partial charge < -0.3 is 24.2 Å². The van der Waals surface area contributed by atoms with Crippen molar-refractivity contribution in [1.82, 2.24) is 8.75 Å². The number of fused-ring (bicyclic) bond motifs is 2. The zero-order valence-corrected chi connectivity index (χ0v) is 19.8. The van der Waals surface area contributed by atoms with Crippen molar-refractivity contribution in [2.75, 3.05) is 25.8 Å². The first kappa shape index (κ1) is 21.6. The summed E-state index contributed by atoms with van der Waals surface area (Å²) in [5.41, 5.74) is 5.18. The van der Waals surface area contributed by atoms with Crippen LogP contribution in [0.3, 0.4) is 0 Å². The second-order valence-corrected chi connectivity index (χ2v) is 9.19. The van der Waals surface area contributed by atoms with Gasteiger partial charge in [-0.05, 0) is 53.6 Å². The molecule has 0 saturated heterocycles. The zero-order valence-electron chi connectivity index (χ0n) is 19.0. The van der Waals surface area contributed by atoms with Crippen molar-refractivity contribution in [2.45, 2.75) is 12.2 Å². The number of carbonyl (C=O) groups excluding carboxylic acids is 1. The van der Waals surface area contributed by atoms with Crippen LogP contribution in [-0.2, 0) is 21.7 Å². The summed E-state index contributed by atoms with van der Waals surface area (Å²) in [4.78, 5) is 15.3. The second kappa shape index (κ2) is 8.07. The van der Waals surface area contributed by atoms with Crippen LogP contribution >= 0.6 is 11.7 Å². The molecule has 0 saturated carbocycles. The van der Waals surface area contributed by atoms with E-state index in [1.165, 1.54) is 0 Å². The second-order valence-electron chi connectivity index (χ2n) is 8.66. The number of anilines is 1. The number of cyclic esters (lactones) is 1. The molecule has 3 heterocycles. The first-order valence-corrected chi connectivity index (χ1v) is 11.7. The Balaban J connectivity index is 1.51. The van der Waals surface area contributed by atoms with Crippen molar-refractivity contribution in [1.29, 1.82) is 0 Å². The highest BCUT2D eigenvalue weighted by Crippen LogP contribution is 2.47. The molecule has 0 bridgehead atoms. The van der Waals surface area contributed by atoms with E-state index in [1.807, 2.05) is 49.3 Å². The van der Waals surface area contributed by atoms with Crippen molar-refractivity contribution in [3.05, 3.63) is 82.9 Å². The normalized spacial score (nSPS) is 18.9. The van der Waals surface area contributed by atoms with Gasteiger partial charge in [-0.1, -0.05) is 18.2 Å². The summed E-state index contributed by atoms with van der Waals surface area (Å²) < 4.78 is 25.2. The van der Waals surface area contributed by atoms with Gasteiger partial charge in [-0.15, -0.1) is 0 Å². The van der Waals surface area contributed by atoms with Gasteiger partial charge in [-0.2, -0.15) is 8.75 Å². The van der Waals surface area contributed by atoms with E-state index in [2.05, 4.69) is 8.75 Å². The fourth-order valence-electron chi connectivity index (χ4n) is 4.43. The molecule has 8 nitrogen and oxygen atoms in total. The Hall–Kier alpha value is -3.95. The third kappa shape index (κ3) is 3.60. The standard InChI is InChI=1S/C26H21N3O5S/c1-29(2)18-7-3-15(4-8-18)11-19-24(16-5-9-20-21(12-16)28-35-27-20)25(30)34-26(19,31)17-6-10-22-23(13-17)33-14-32-22/h3-10,12-13,31H,11,14H2,1-2H3. The van der Waals surface area contributed by atoms with E-state index in [0.717, 1.165) is 28.5 Å². The zero-order chi connectivity index (χ0) is 24.2. The Kier molecular flexibility index (Phi) is 4.98. The van der Waals surface area contributed by atoms with Crippen LogP contribution in [0.1, 0.15) is 16.7 Å². The van der Waals surface area contributed by atoms with Crippen molar-refractivity contribution >= 4 is 40.0 Å². The third-order valence-corrected chi connectivity index (χ3v) is 6.85. The highest BCUT2D eigenvalue weighted by atomic mass is 32.1. The van der Waals surface area contributed by atoms with Crippen molar-refractivity contribution in [2.24, 2.45) is 0 Å². The van der Waals surface area contributed by atoms with Crippen LogP contribution < -0.4 is 14.4 Å². The summed E-state index contributed by atoms with van der Waals surface area (Å²) in [7, 11) is 3.95. The molecule has 6 rings (SSSR count). The Labute approximate surface area is 205 Å². The molecule has 2 aliphatic heterocycles. The molecule has 0 aliphatic carbocycles. The first-order chi connectivity index (χ1) is 16.9. The lowest BCUT2D eigenvalue weighted by Crippen LogP contribution is -2.29. The lowest BCUT2D eigenvalue weighted by atomic mass is 9.88. The summed E-state index contributed by atoms with van der Waals surface area (Å²) >= 11 is 1.11. The average molecular weight is 488 g/mol. The van der Waals surface area contributed by atoms with Gasteiger partial charge in [-0.3, -0.25) is 0 Å². The monoisotopic (exact) mass is 487 g/mol. The van der Waals surface area contributed by atoms with E-state index in [9.17, 15) is 9.90 Å². The maximum Gasteiger partial charge on any atom is 0.342 e. The topological polar surface area (TPSA) is 94.0 Å². The summed E-state index contributed by atoms with van der Waals surface area (Å²) in [5.74, 6) is -1.51. The third-order valence-electron chi connectivity index (χ3n) is 6.30.